The van der Waals surface area contributed by atoms with Crippen LogP contribution in [0.2, 0.25) is 0 Å². The first-order chi connectivity index (χ1) is 8.86. The summed E-state index contributed by atoms with van der Waals surface area (Å²) in [7, 11) is 0. The maximum atomic E-state index is 11.5. The second-order valence-electron chi connectivity index (χ2n) is 3.66. The molecule has 0 unspecified atom stereocenters. The van der Waals surface area contributed by atoms with Crippen LogP contribution < -0.4 is 10.6 Å². The van der Waals surface area contributed by atoms with Crippen LogP contribution in [-0.4, -0.2) is 52.3 Å². The van der Waals surface area contributed by atoms with Gasteiger partial charge in [0.2, 0.25) is 11.8 Å². The maximum absolute atomic E-state index is 11.5. The Morgan fingerprint density at radius 2 is 1.68 bits per heavy atom. The molecule has 0 rings (SSSR count). The third-order valence-electron chi connectivity index (χ3n) is 2.04. The molecule has 0 aromatic heterocycles. The largest absolute Gasteiger partial charge is 0.481 e. The summed E-state index contributed by atoms with van der Waals surface area (Å²) in [6.07, 6.45) is 0.00413. The van der Waals surface area contributed by atoms with Gasteiger partial charge in [-0.15, -0.1) is 0 Å². The van der Waals surface area contributed by atoms with E-state index in [0.717, 1.165) is 0 Å². The molecule has 0 aromatic carbocycles. The maximum Gasteiger partial charge on any atom is 0.322 e. The summed E-state index contributed by atoms with van der Waals surface area (Å²) in [4.78, 5) is 43.4. The van der Waals surface area contributed by atoms with Crippen LogP contribution in [0.25, 0.3) is 0 Å². The molecule has 9 heteroatoms. The number of hydrogen-bond donors (Lipinski definition) is 5. The minimum absolute atomic E-state index is 0.0100. The van der Waals surface area contributed by atoms with Crippen molar-refractivity contribution in [3.8, 4) is 0 Å². The monoisotopic (exact) mass is 292 g/mol. The van der Waals surface area contributed by atoms with E-state index < -0.39 is 36.3 Å². The number of carbonyl (C=O) groups excluding carboxylic acids is 2. The molecule has 1 atom stereocenters. The second kappa shape index (κ2) is 9.20. The van der Waals surface area contributed by atoms with E-state index in [-0.39, 0.29) is 25.0 Å². The van der Waals surface area contributed by atoms with E-state index in [1.807, 2.05) is 0 Å². The highest BCUT2D eigenvalue weighted by Crippen LogP contribution is 1.97. The Labute approximate surface area is 115 Å². The lowest BCUT2D eigenvalue weighted by Gasteiger charge is -2.15. The normalized spacial score (nSPS) is 11.4. The van der Waals surface area contributed by atoms with Gasteiger partial charge in [0.15, 0.2) is 0 Å². The van der Waals surface area contributed by atoms with E-state index in [2.05, 4.69) is 23.3 Å². The van der Waals surface area contributed by atoms with Crippen LogP contribution >= 0.6 is 12.6 Å². The van der Waals surface area contributed by atoms with Crippen molar-refractivity contribution < 1.29 is 29.4 Å². The Hall–Kier alpha value is -1.77. The summed E-state index contributed by atoms with van der Waals surface area (Å²) < 4.78 is 0. The van der Waals surface area contributed by atoms with Crippen molar-refractivity contribution in [1.82, 2.24) is 10.6 Å². The van der Waals surface area contributed by atoms with Crippen molar-refractivity contribution in [1.29, 1.82) is 0 Å². The van der Waals surface area contributed by atoms with Crippen LogP contribution in [0.1, 0.15) is 19.3 Å². The van der Waals surface area contributed by atoms with Gasteiger partial charge in [-0.05, 0) is 6.42 Å². The van der Waals surface area contributed by atoms with Gasteiger partial charge in [0.25, 0.3) is 0 Å². The molecular weight excluding hydrogens is 276 g/mol. The third kappa shape index (κ3) is 8.89. The smallest absolute Gasteiger partial charge is 0.322 e. The Morgan fingerprint density at radius 3 is 2.16 bits per heavy atom. The molecule has 0 saturated heterocycles. The van der Waals surface area contributed by atoms with Gasteiger partial charge in [-0.1, -0.05) is 0 Å². The summed E-state index contributed by atoms with van der Waals surface area (Å²) >= 11 is 3.88. The van der Waals surface area contributed by atoms with Gasteiger partial charge < -0.3 is 20.8 Å². The Kier molecular flexibility index (Phi) is 8.34. The summed E-state index contributed by atoms with van der Waals surface area (Å²) in [5.74, 6) is -3.32. The zero-order valence-corrected chi connectivity index (χ0v) is 11.0. The van der Waals surface area contributed by atoms with Gasteiger partial charge >= 0.3 is 11.9 Å². The third-order valence-corrected chi connectivity index (χ3v) is 2.41. The van der Waals surface area contributed by atoms with Gasteiger partial charge in [0, 0.05) is 18.6 Å². The molecule has 0 saturated carbocycles. The summed E-state index contributed by atoms with van der Waals surface area (Å²) in [5, 5.41) is 21.3. The molecule has 8 nitrogen and oxygen atoms in total. The Bertz CT molecular complexity index is 360. The van der Waals surface area contributed by atoms with Gasteiger partial charge in [0.05, 0.1) is 0 Å². The lowest BCUT2D eigenvalue weighted by Crippen LogP contribution is -2.48. The number of carboxylic acid groups (broad SMARTS) is 2. The van der Waals surface area contributed by atoms with Crippen molar-refractivity contribution in [2.45, 2.75) is 25.3 Å². The summed E-state index contributed by atoms with van der Waals surface area (Å²) in [5.41, 5.74) is 0. The van der Waals surface area contributed by atoms with Crippen molar-refractivity contribution in [3.63, 3.8) is 0 Å². The molecule has 0 aliphatic rings. The Balaban J connectivity index is 4.09. The molecule has 0 aliphatic carbocycles. The highest BCUT2D eigenvalue weighted by molar-refractivity contribution is 7.80. The van der Waals surface area contributed by atoms with Crippen molar-refractivity contribution >= 4 is 36.4 Å². The molecule has 108 valence electrons. The minimum atomic E-state index is -1.20. The average molecular weight is 292 g/mol. The van der Waals surface area contributed by atoms with Gasteiger partial charge in [-0.3, -0.25) is 19.2 Å². The van der Waals surface area contributed by atoms with Crippen LogP contribution in [0.4, 0.5) is 0 Å². The lowest BCUT2D eigenvalue weighted by atomic mass is 10.2. The van der Waals surface area contributed by atoms with Crippen molar-refractivity contribution in [2.75, 3.05) is 12.3 Å². The quantitative estimate of drug-likeness (QED) is 0.341. The molecular formula is C10H16N2O6S. The highest BCUT2D eigenvalue weighted by atomic mass is 32.1. The molecule has 0 aromatic rings. The van der Waals surface area contributed by atoms with Gasteiger partial charge in [-0.25, -0.2) is 0 Å². The van der Waals surface area contributed by atoms with E-state index in [1.165, 1.54) is 0 Å². The molecule has 0 aliphatic heterocycles. The number of aliphatic carboxylic acids is 2. The molecule has 0 heterocycles. The fraction of sp³-hybridized carbons (Fsp3) is 0.600. The number of carbonyl (C=O) groups is 4. The minimum Gasteiger partial charge on any atom is -0.481 e. The van der Waals surface area contributed by atoms with Crippen molar-refractivity contribution in [2.24, 2.45) is 0 Å². The molecule has 0 bridgehead atoms. The molecule has 0 spiro atoms. The molecule has 2 amide bonds. The Morgan fingerprint density at radius 1 is 1.05 bits per heavy atom. The molecule has 0 fully saturated rings. The first-order valence-corrected chi connectivity index (χ1v) is 6.11. The SMILES string of the molecule is O=C(O)CCCC(=O)N[C@@H](CS)C(=O)NCC(=O)O. The van der Waals surface area contributed by atoms with E-state index in [0.29, 0.717) is 0 Å². The van der Waals surface area contributed by atoms with Crippen molar-refractivity contribution in [3.05, 3.63) is 0 Å². The van der Waals surface area contributed by atoms with E-state index in [1.54, 1.807) is 0 Å². The van der Waals surface area contributed by atoms with Crippen LogP contribution in [0.3, 0.4) is 0 Å². The number of amides is 2. The highest BCUT2D eigenvalue weighted by Gasteiger charge is 2.19. The number of nitrogens with one attached hydrogen (secondary N) is 2. The zero-order valence-electron chi connectivity index (χ0n) is 10.1. The summed E-state index contributed by atoms with van der Waals surface area (Å²) in [6.45, 7) is -0.544. The molecule has 4 N–H and O–H groups in total. The molecule has 19 heavy (non-hydrogen) atoms. The predicted octanol–water partition coefficient (Wildman–Crippen LogP) is -1.14. The van der Waals surface area contributed by atoms with E-state index in [9.17, 15) is 19.2 Å². The van der Waals surface area contributed by atoms with Crippen LogP contribution in [0.5, 0.6) is 0 Å². The average Bonchev–Trinajstić information content (AvgIpc) is 2.32. The number of hydrogen-bond acceptors (Lipinski definition) is 5. The molecule has 0 radical (unpaired) electrons. The van der Waals surface area contributed by atoms with Crippen LogP contribution in [0, 0.1) is 0 Å². The summed E-state index contributed by atoms with van der Waals surface area (Å²) in [6, 6.07) is -0.944. The van der Waals surface area contributed by atoms with Crippen LogP contribution in [-0.2, 0) is 19.2 Å². The topological polar surface area (TPSA) is 133 Å². The lowest BCUT2D eigenvalue weighted by molar-refractivity contribution is -0.138. The predicted molar refractivity (Wildman–Crippen MR) is 67.9 cm³/mol. The zero-order chi connectivity index (χ0) is 14.8. The van der Waals surface area contributed by atoms with E-state index >= 15 is 0 Å². The second-order valence-corrected chi connectivity index (χ2v) is 4.03. The van der Waals surface area contributed by atoms with E-state index in [4.69, 9.17) is 10.2 Å². The fourth-order valence-corrected chi connectivity index (χ4v) is 1.40. The standard InChI is InChI=1S/C10H16N2O6S/c13-7(2-1-3-8(14)15)12-6(5-19)10(18)11-4-9(16)17/h6,19H,1-5H2,(H,11,18)(H,12,13)(H,14,15)(H,16,17)/t6-/m0/s1. The first kappa shape index (κ1) is 17.2. The first-order valence-electron chi connectivity index (χ1n) is 5.48. The number of thiol groups is 1. The van der Waals surface area contributed by atoms with Crippen LogP contribution in [0.15, 0.2) is 0 Å². The van der Waals surface area contributed by atoms with Gasteiger partial charge in [-0.2, -0.15) is 12.6 Å². The van der Waals surface area contributed by atoms with Gasteiger partial charge in [0.1, 0.15) is 12.6 Å². The number of carboxylic acids is 2. The fourth-order valence-electron chi connectivity index (χ4n) is 1.15. The number of rotatable bonds is 9.